The summed E-state index contributed by atoms with van der Waals surface area (Å²) in [6, 6.07) is 16.9. The number of benzene rings is 2. The summed E-state index contributed by atoms with van der Waals surface area (Å²) in [6.45, 7) is 0.898. The van der Waals surface area contributed by atoms with Gasteiger partial charge in [0.1, 0.15) is 0 Å². The highest BCUT2D eigenvalue weighted by atomic mass is 79.9. The van der Waals surface area contributed by atoms with Crippen LogP contribution in [0.1, 0.15) is 5.56 Å². The molecule has 0 amide bonds. The summed E-state index contributed by atoms with van der Waals surface area (Å²) in [4.78, 5) is 2.51. The highest BCUT2D eigenvalue weighted by molar-refractivity contribution is 9.10. The summed E-state index contributed by atoms with van der Waals surface area (Å²) in [5.41, 5.74) is 1.29. The van der Waals surface area contributed by atoms with Crippen LogP contribution in [-0.2, 0) is 6.54 Å². The van der Waals surface area contributed by atoms with Crippen LogP contribution in [0.4, 0.5) is 0 Å². The first kappa shape index (κ1) is 12.7. The summed E-state index contributed by atoms with van der Waals surface area (Å²) in [7, 11) is 1.96. The van der Waals surface area contributed by atoms with E-state index in [0.717, 1.165) is 11.0 Å². The van der Waals surface area contributed by atoms with Crippen LogP contribution in [0.2, 0.25) is 0 Å². The molecule has 0 aromatic heterocycles. The SMILES string of the molecule is CNCc1ccc(Sc2ccccc2)c(Br)c1. The smallest absolute Gasteiger partial charge is 0.0318 e. The van der Waals surface area contributed by atoms with Gasteiger partial charge in [-0.05, 0) is 52.8 Å². The molecule has 88 valence electrons. The van der Waals surface area contributed by atoms with Gasteiger partial charge in [-0.1, -0.05) is 36.0 Å². The van der Waals surface area contributed by atoms with Crippen molar-refractivity contribution in [3.63, 3.8) is 0 Å². The minimum absolute atomic E-state index is 0.898. The molecule has 3 heteroatoms. The lowest BCUT2D eigenvalue weighted by molar-refractivity contribution is 0.816. The maximum Gasteiger partial charge on any atom is 0.0318 e. The van der Waals surface area contributed by atoms with Gasteiger partial charge in [0.15, 0.2) is 0 Å². The lowest BCUT2D eigenvalue weighted by Gasteiger charge is -2.07. The summed E-state index contributed by atoms with van der Waals surface area (Å²) in [6.07, 6.45) is 0. The summed E-state index contributed by atoms with van der Waals surface area (Å²) in [5, 5.41) is 3.15. The van der Waals surface area contributed by atoms with Crippen LogP contribution >= 0.6 is 27.7 Å². The Hall–Kier alpha value is -0.770. The Morgan fingerprint density at radius 1 is 1.12 bits per heavy atom. The van der Waals surface area contributed by atoms with Crippen molar-refractivity contribution in [3.05, 3.63) is 58.6 Å². The zero-order valence-corrected chi connectivity index (χ0v) is 12.0. The third-order valence-electron chi connectivity index (χ3n) is 2.35. The highest BCUT2D eigenvalue weighted by Gasteiger charge is 2.03. The zero-order chi connectivity index (χ0) is 12.1. The van der Waals surface area contributed by atoms with Gasteiger partial charge in [-0.3, -0.25) is 0 Å². The highest BCUT2D eigenvalue weighted by Crippen LogP contribution is 2.33. The molecule has 0 aliphatic carbocycles. The van der Waals surface area contributed by atoms with Crippen LogP contribution in [-0.4, -0.2) is 7.05 Å². The molecule has 2 aromatic carbocycles. The van der Waals surface area contributed by atoms with E-state index < -0.39 is 0 Å². The van der Waals surface area contributed by atoms with Crippen LogP contribution < -0.4 is 5.32 Å². The molecule has 0 atom stereocenters. The number of rotatable bonds is 4. The van der Waals surface area contributed by atoms with Gasteiger partial charge in [-0.25, -0.2) is 0 Å². The molecule has 0 saturated carbocycles. The predicted octanol–water partition coefficient (Wildman–Crippen LogP) is 4.32. The minimum atomic E-state index is 0.898. The van der Waals surface area contributed by atoms with Crippen LogP contribution in [0, 0.1) is 0 Å². The molecule has 0 saturated heterocycles. The van der Waals surface area contributed by atoms with Gasteiger partial charge in [0.25, 0.3) is 0 Å². The van der Waals surface area contributed by atoms with E-state index in [0.29, 0.717) is 0 Å². The zero-order valence-electron chi connectivity index (χ0n) is 9.61. The first-order valence-electron chi connectivity index (χ1n) is 5.45. The maximum atomic E-state index is 3.63. The van der Waals surface area contributed by atoms with Crippen molar-refractivity contribution in [1.82, 2.24) is 5.32 Å². The normalized spacial score (nSPS) is 10.5. The van der Waals surface area contributed by atoms with E-state index in [1.165, 1.54) is 15.4 Å². The Morgan fingerprint density at radius 3 is 2.53 bits per heavy atom. The molecule has 0 spiro atoms. The number of nitrogens with one attached hydrogen (secondary N) is 1. The number of hydrogen-bond donors (Lipinski definition) is 1. The van der Waals surface area contributed by atoms with Gasteiger partial charge in [0.2, 0.25) is 0 Å². The maximum absolute atomic E-state index is 3.63. The summed E-state index contributed by atoms with van der Waals surface area (Å²) >= 11 is 5.40. The predicted molar refractivity (Wildman–Crippen MR) is 77.5 cm³/mol. The fraction of sp³-hybridized carbons (Fsp3) is 0.143. The van der Waals surface area contributed by atoms with E-state index in [2.05, 4.69) is 63.7 Å². The Labute approximate surface area is 115 Å². The molecule has 0 radical (unpaired) electrons. The van der Waals surface area contributed by atoms with E-state index in [1.807, 2.05) is 13.1 Å². The molecule has 17 heavy (non-hydrogen) atoms. The summed E-state index contributed by atoms with van der Waals surface area (Å²) < 4.78 is 1.15. The fourth-order valence-electron chi connectivity index (χ4n) is 1.56. The minimum Gasteiger partial charge on any atom is -0.316 e. The van der Waals surface area contributed by atoms with E-state index in [9.17, 15) is 0 Å². The fourth-order valence-corrected chi connectivity index (χ4v) is 3.07. The lowest BCUT2D eigenvalue weighted by Crippen LogP contribution is -2.04. The Morgan fingerprint density at radius 2 is 1.88 bits per heavy atom. The Bertz CT molecular complexity index is 485. The van der Waals surface area contributed by atoms with E-state index in [4.69, 9.17) is 0 Å². The van der Waals surface area contributed by atoms with Crippen LogP contribution in [0.15, 0.2) is 62.8 Å². The van der Waals surface area contributed by atoms with Crippen LogP contribution in [0.25, 0.3) is 0 Å². The van der Waals surface area contributed by atoms with Crippen molar-refractivity contribution in [2.75, 3.05) is 7.05 Å². The van der Waals surface area contributed by atoms with Crippen molar-refractivity contribution in [3.8, 4) is 0 Å². The largest absolute Gasteiger partial charge is 0.316 e. The van der Waals surface area contributed by atoms with Crippen molar-refractivity contribution in [1.29, 1.82) is 0 Å². The molecular formula is C14H14BrNS. The van der Waals surface area contributed by atoms with Gasteiger partial charge in [-0.15, -0.1) is 0 Å². The molecule has 2 aromatic rings. The van der Waals surface area contributed by atoms with Gasteiger partial charge >= 0.3 is 0 Å². The van der Waals surface area contributed by atoms with Crippen LogP contribution in [0.3, 0.4) is 0 Å². The Kier molecular flexibility index (Phi) is 4.66. The molecule has 1 nitrogen and oxygen atoms in total. The average molecular weight is 308 g/mol. The molecule has 1 N–H and O–H groups in total. The van der Waals surface area contributed by atoms with Gasteiger partial charge in [-0.2, -0.15) is 0 Å². The summed E-state index contributed by atoms with van der Waals surface area (Å²) in [5.74, 6) is 0. The third kappa shape index (κ3) is 3.60. The van der Waals surface area contributed by atoms with Gasteiger partial charge in [0, 0.05) is 20.8 Å². The molecule has 0 aliphatic heterocycles. The van der Waals surface area contributed by atoms with E-state index >= 15 is 0 Å². The number of halogens is 1. The second kappa shape index (κ2) is 6.24. The second-order valence-electron chi connectivity index (χ2n) is 3.71. The second-order valence-corrected chi connectivity index (χ2v) is 5.68. The molecule has 0 bridgehead atoms. The van der Waals surface area contributed by atoms with E-state index in [-0.39, 0.29) is 0 Å². The van der Waals surface area contributed by atoms with Crippen molar-refractivity contribution < 1.29 is 0 Å². The van der Waals surface area contributed by atoms with Crippen molar-refractivity contribution >= 4 is 27.7 Å². The quantitative estimate of drug-likeness (QED) is 0.903. The van der Waals surface area contributed by atoms with Crippen molar-refractivity contribution in [2.45, 2.75) is 16.3 Å². The molecule has 2 rings (SSSR count). The number of hydrogen-bond acceptors (Lipinski definition) is 2. The lowest BCUT2D eigenvalue weighted by atomic mass is 10.2. The standard InChI is InChI=1S/C14H14BrNS/c1-16-10-11-7-8-14(13(15)9-11)17-12-5-3-2-4-6-12/h2-9,16H,10H2,1H3. The molecule has 0 heterocycles. The van der Waals surface area contributed by atoms with Crippen LogP contribution in [0.5, 0.6) is 0 Å². The first-order chi connectivity index (χ1) is 8.29. The van der Waals surface area contributed by atoms with Crippen molar-refractivity contribution in [2.24, 2.45) is 0 Å². The average Bonchev–Trinajstić information content (AvgIpc) is 2.34. The third-order valence-corrected chi connectivity index (χ3v) is 4.35. The van der Waals surface area contributed by atoms with E-state index in [1.54, 1.807) is 11.8 Å². The van der Waals surface area contributed by atoms with Gasteiger partial charge in [0.05, 0.1) is 0 Å². The monoisotopic (exact) mass is 307 g/mol. The molecule has 0 unspecified atom stereocenters. The first-order valence-corrected chi connectivity index (χ1v) is 7.06. The Balaban J connectivity index is 2.17. The molecule has 0 fully saturated rings. The van der Waals surface area contributed by atoms with Gasteiger partial charge < -0.3 is 5.32 Å². The molecule has 0 aliphatic rings. The topological polar surface area (TPSA) is 12.0 Å². The molecular weight excluding hydrogens is 294 g/mol.